The lowest BCUT2D eigenvalue weighted by Gasteiger charge is -2.49. The molecule has 0 saturated carbocycles. The van der Waals surface area contributed by atoms with Gasteiger partial charge in [-0.25, -0.2) is 18.8 Å². The lowest BCUT2D eigenvalue weighted by molar-refractivity contribution is -0.0501. The van der Waals surface area contributed by atoms with Crippen LogP contribution in [-0.4, -0.2) is 51.5 Å². The van der Waals surface area contributed by atoms with Crippen LogP contribution in [0.1, 0.15) is 24.5 Å². The van der Waals surface area contributed by atoms with Gasteiger partial charge in [0, 0.05) is 43.2 Å². The van der Waals surface area contributed by atoms with E-state index in [1.54, 1.807) is 6.20 Å². The summed E-state index contributed by atoms with van der Waals surface area (Å²) in [5, 5.41) is 5.07. The maximum absolute atomic E-state index is 13.7. The molecule has 6 rings (SSSR count). The highest BCUT2D eigenvalue weighted by atomic mass is 32.2. The Morgan fingerprint density at radius 1 is 1.00 bits per heavy atom. The van der Waals surface area contributed by atoms with E-state index in [0.717, 1.165) is 44.1 Å². The van der Waals surface area contributed by atoms with Crippen LogP contribution in [-0.2, 0) is 0 Å². The minimum atomic E-state index is -0.895. The van der Waals surface area contributed by atoms with Gasteiger partial charge in [0.2, 0.25) is 0 Å². The Balaban J connectivity index is 1.19. The third kappa shape index (κ3) is 3.92. The van der Waals surface area contributed by atoms with Gasteiger partial charge in [0.05, 0.1) is 28.8 Å². The standard InChI is InChI=1S/C26H26F2N5S/c1-16-5-3-4-6-20(16)25-15-33(17(2)34-25)32-13-18-7-19(14-32)12-31(11-18)26-10-29-23-8-21(27)22(28)9-24(23)30-26/h3-6,8-10,17-19H,7,11-14H2,1-2H3. The lowest BCUT2D eigenvalue weighted by atomic mass is 9.85. The summed E-state index contributed by atoms with van der Waals surface area (Å²) in [6.07, 6.45) is 6.54. The second kappa shape index (κ2) is 8.50. The van der Waals surface area contributed by atoms with E-state index in [1.165, 1.54) is 22.5 Å². The molecule has 4 heterocycles. The number of fused-ring (bicyclic) bond motifs is 3. The smallest absolute Gasteiger partial charge is 0.161 e. The third-order valence-corrected chi connectivity index (χ3v) is 8.09. The molecule has 3 aromatic rings. The molecule has 1 aromatic heterocycles. The van der Waals surface area contributed by atoms with Gasteiger partial charge in [-0.2, -0.15) is 0 Å². The molecule has 34 heavy (non-hydrogen) atoms. The number of aromatic nitrogens is 2. The molecule has 2 bridgehead atoms. The van der Waals surface area contributed by atoms with Gasteiger partial charge in [-0.05, 0) is 43.2 Å². The largest absolute Gasteiger partial charge is 0.355 e. The predicted molar refractivity (Wildman–Crippen MR) is 132 cm³/mol. The molecule has 8 heteroatoms. The highest BCUT2D eigenvalue weighted by Crippen LogP contribution is 2.42. The van der Waals surface area contributed by atoms with Crippen molar-refractivity contribution in [2.45, 2.75) is 25.6 Å². The summed E-state index contributed by atoms with van der Waals surface area (Å²) in [4.78, 5) is 12.4. The summed E-state index contributed by atoms with van der Waals surface area (Å²) < 4.78 is 27.2. The van der Waals surface area contributed by atoms with Crippen molar-refractivity contribution in [3.63, 3.8) is 0 Å². The van der Waals surface area contributed by atoms with Crippen molar-refractivity contribution >= 4 is 33.5 Å². The van der Waals surface area contributed by atoms with E-state index in [9.17, 15) is 8.78 Å². The summed E-state index contributed by atoms with van der Waals surface area (Å²) in [7, 11) is 0. The zero-order chi connectivity index (χ0) is 23.4. The number of anilines is 1. The zero-order valence-electron chi connectivity index (χ0n) is 19.2. The molecule has 3 aliphatic heterocycles. The Morgan fingerprint density at radius 3 is 2.44 bits per heavy atom. The summed E-state index contributed by atoms with van der Waals surface area (Å²) in [6, 6.07) is 10.7. The van der Waals surface area contributed by atoms with E-state index in [-0.39, 0.29) is 0 Å². The first-order valence-electron chi connectivity index (χ1n) is 11.7. The van der Waals surface area contributed by atoms with Gasteiger partial charge in [-0.1, -0.05) is 36.0 Å². The molecule has 2 aromatic carbocycles. The van der Waals surface area contributed by atoms with Crippen LogP contribution in [0, 0.1) is 36.6 Å². The second-order valence-electron chi connectivity index (χ2n) is 9.55. The highest BCUT2D eigenvalue weighted by molar-refractivity contribution is 8.09. The summed E-state index contributed by atoms with van der Waals surface area (Å²) in [6.45, 7) is 8.07. The normalized spacial score (nSPS) is 25.2. The first-order valence-corrected chi connectivity index (χ1v) is 12.6. The Labute approximate surface area is 202 Å². The molecule has 0 amide bonds. The Kier molecular flexibility index (Phi) is 5.45. The second-order valence-corrected chi connectivity index (χ2v) is 10.9. The summed E-state index contributed by atoms with van der Waals surface area (Å²) >= 11 is 1.87. The van der Waals surface area contributed by atoms with Crippen LogP contribution in [0.15, 0.2) is 42.6 Å². The molecular weight excluding hydrogens is 452 g/mol. The number of halogens is 2. The van der Waals surface area contributed by atoms with Crippen molar-refractivity contribution in [1.82, 2.24) is 20.0 Å². The maximum Gasteiger partial charge on any atom is 0.161 e. The maximum atomic E-state index is 13.7. The minimum Gasteiger partial charge on any atom is -0.355 e. The van der Waals surface area contributed by atoms with Crippen molar-refractivity contribution in [2.24, 2.45) is 11.8 Å². The van der Waals surface area contributed by atoms with Crippen LogP contribution < -0.4 is 4.90 Å². The van der Waals surface area contributed by atoms with E-state index in [4.69, 9.17) is 0 Å². The molecule has 2 saturated heterocycles. The van der Waals surface area contributed by atoms with Gasteiger partial charge in [-0.15, -0.1) is 0 Å². The fourth-order valence-corrected chi connectivity index (χ4v) is 6.59. The molecule has 0 aliphatic carbocycles. The molecule has 3 unspecified atom stereocenters. The SMILES string of the molecule is Cc1ccccc1C1=[C]N(N2CC3CC(CN(c4cnc5cc(F)c(F)cc5n4)C3)C2)C(C)S1. The van der Waals surface area contributed by atoms with E-state index < -0.39 is 11.6 Å². The van der Waals surface area contributed by atoms with Crippen LogP contribution in [0.5, 0.6) is 0 Å². The first-order chi connectivity index (χ1) is 16.4. The topological polar surface area (TPSA) is 35.5 Å². The van der Waals surface area contributed by atoms with Crippen LogP contribution >= 0.6 is 11.8 Å². The van der Waals surface area contributed by atoms with Crippen LogP contribution in [0.4, 0.5) is 14.6 Å². The van der Waals surface area contributed by atoms with Crippen LogP contribution in [0.3, 0.4) is 0 Å². The van der Waals surface area contributed by atoms with Crippen molar-refractivity contribution in [1.29, 1.82) is 0 Å². The van der Waals surface area contributed by atoms with Gasteiger partial charge in [0.15, 0.2) is 11.6 Å². The number of hydrogen-bond donors (Lipinski definition) is 0. The van der Waals surface area contributed by atoms with Gasteiger partial charge in [0.1, 0.15) is 5.82 Å². The van der Waals surface area contributed by atoms with Crippen LogP contribution in [0.25, 0.3) is 15.9 Å². The molecule has 5 nitrogen and oxygen atoms in total. The van der Waals surface area contributed by atoms with Crippen molar-refractivity contribution in [3.05, 3.63) is 71.6 Å². The highest BCUT2D eigenvalue weighted by Gasteiger charge is 2.39. The molecule has 3 atom stereocenters. The third-order valence-electron chi connectivity index (χ3n) is 7.00. The molecule has 0 N–H and O–H groups in total. The van der Waals surface area contributed by atoms with Crippen LogP contribution in [0.2, 0.25) is 0 Å². The zero-order valence-corrected chi connectivity index (χ0v) is 20.0. The number of benzene rings is 2. The van der Waals surface area contributed by atoms with Gasteiger partial charge >= 0.3 is 0 Å². The Morgan fingerprint density at radius 2 is 1.71 bits per heavy atom. The van der Waals surface area contributed by atoms with Crippen molar-refractivity contribution in [2.75, 3.05) is 31.1 Å². The Bertz CT molecular complexity index is 1270. The Hall–Kier alpha value is -2.71. The van der Waals surface area contributed by atoms with Gasteiger partial charge in [0.25, 0.3) is 0 Å². The number of piperidine rings is 2. The van der Waals surface area contributed by atoms with Crippen molar-refractivity contribution < 1.29 is 8.78 Å². The fourth-order valence-electron chi connectivity index (χ4n) is 5.46. The molecule has 0 spiro atoms. The lowest BCUT2D eigenvalue weighted by Crippen LogP contribution is -2.57. The molecular formula is C26H26F2N5S. The number of aryl methyl sites for hydroxylation is 1. The van der Waals surface area contributed by atoms with E-state index >= 15 is 0 Å². The summed E-state index contributed by atoms with van der Waals surface area (Å²) in [5.41, 5.74) is 3.30. The van der Waals surface area contributed by atoms with E-state index in [0.29, 0.717) is 28.2 Å². The number of rotatable bonds is 3. The first kappa shape index (κ1) is 21.8. The van der Waals surface area contributed by atoms with Gasteiger partial charge in [-0.3, -0.25) is 9.99 Å². The number of thioether (sulfide) groups is 1. The number of hydrogen-bond acceptors (Lipinski definition) is 6. The average molecular weight is 479 g/mol. The number of nitrogens with zero attached hydrogens (tertiary/aromatic N) is 5. The fraction of sp³-hybridized carbons (Fsp3) is 0.385. The number of hydrazine groups is 1. The monoisotopic (exact) mass is 478 g/mol. The summed E-state index contributed by atoms with van der Waals surface area (Å²) in [5.74, 6) is -0.0575. The minimum absolute atomic E-state index is 0.311. The average Bonchev–Trinajstić information content (AvgIpc) is 3.20. The predicted octanol–water partition coefficient (Wildman–Crippen LogP) is 5.09. The quantitative estimate of drug-likeness (QED) is 0.522. The molecule has 3 aliphatic rings. The molecule has 175 valence electrons. The van der Waals surface area contributed by atoms with Gasteiger partial charge < -0.3 is 4.90 Å². The van der Waals surface area contributed by atoms with E-state index in [1.807, 2.05) is 11.8 Å². The molecule has 1 radical (unpaired) electrons. The van der Waals surface area contributed by atoms with E-state index in [2.05, 4.69) is 69.2 Å². The van der Waals surface area contributed by atoms with Crippen molar-refractivity contribution in [3.8, 4) is 0 Å². The molecule has 2 fully saturated rings.